The minimum absolute atomic E-state index is 0.0617. The molecule has 1 aromatic heterocycles. The average molecular weight is 380 g/mol. The van der Waals surface area contributed by atoms with Gasteiger partial charge in [0, 0.05) is 25.7 Å². The SMILES string of the molecule is Cc1nnsc1C(=O)N1CCC(CNC(=O)c2ccc(F)cc2F)CC1. The molecule has 1 saturated heterocycles. The van der Waals surface area contributed by atoms with Crippen LogP contribution in [0.4, 0.5) is 8.78 Å². The van der Waals surface area contributed by atoms with E-state index in [1.807, 2.05) is 0 Å². The number of piperidine rings is 1. The van der Waals surface area contributed by atoms with Crippen molar-refractivity contribution in [2.24, 2.45) is 5.92 Å². The smallest absolute Gasteiger partial charge is 0.267 e. The summed E-state index contributed by atoms with van der Waals surface area (Å²) in [6.07, 6.45) is 1.48. The highest BCUT2D eigenvalue weighted by Gasteiger charge is 2.26. The summed E-state index contributed by atoms with van der Waals surface area (Å²) in [6.45, 7) is 3.32. The van der Waals surface area contributed by atoms with E-state index in [9.17, 15) is 18.4 Å². The monoisotopic (exact) mass is 380 g/mol. The molecule has 0 atom stereocenters. The van der Waals surface area contributed by atoms with Crippen molar-refractivity contribution >= 4 is 23.3 Å². The molecule has 3 rings (SSSR count). The molecular formula is C17H18F2N4O2S. The number of likely N-dealkylation sites (tertiary alicyclic amines) is 1. The van der Waals surface area contributed by atoms with Crippen molar-refractivity contribution in [3.8, 4) is 0 Å². The van der Waals surface area contributed by atoms with E-state index in [-0.39, 0.29) is 17.4 Å². The Balaban J connectivity index is 1.49. The van der Waals surface area contributed by atoms with Crippen molar-refractivity contribution in [1.29, 1.82) is 0 Å². The molecule has 0 bridgehead atoms. The van der Waals surface area contributed by atoms with Gasteiger partial charge >= 0.3 is 0 Å². The number of halogens is 2. The van der Waals surface area contributed by atoms with Crippen molar-refractivity contribution in [3.63, 3.8) is 0 Å². The lowest BCUT2D eigenvalue weighted by Crippen LogP contribution is -2.41. The predicted molar refractivity (Wildman–Crippen MR) is 92.0 cm³/mol. The number of hydrogen-bond acceptors (Lipinski definition) is 5. The minimum Gasteiger partial charge on any atom is -0.352 e. The fourth-order valence-corrected chi connectivity index (χ4v) is 3.54. The van der Waals surface area contributed by atoms with Gasteiger partial charge in [-0.1, -0.05) is 4.49 Å². The Morgan fingerprint density at radius 2 is 2.04 bits per heavy atom. The molecule has 0 aliphatic carbocycles. The van der Waals surface area contributed by atoms with Gasteiger partial charge in [0.1, 0.15) is 16.5 Å². The van der Waals surface area contributed by atoms with Crippen LogP contribution < -0.4 is 5.32 Å². The lowest BCUT2D eigenvalue weighted by atomic mass is 9.96. The number of hydrogen-bond donors (Lipinski definition) is 1. The highest BCUT2D eigenvalue weighted by atomic mass is 32.1. The highest BCUT2D eigenvalue weighted by molar-refractivity contribution is 7.07. The first-order valence-electron chi connectivity index (χ1n) is 8.27. The fraction of sp³-hybridized carbons (Fsp3) is 0.412. The average Bonchev–Trinajstić information content (AvgIpc) is 3.05. The lowest BCUT2D eigenvalue weighted by Gasteiger charge is -2.31. The van der Waals surface area contributed by atoms with Gasteiger partial charge in [0.15, 0.2) is 0 Å². The normalized spacial score (nSPS) is 15.1. The molecule has 0 spiro atoms. The van der Waals surface area contributed by atoms with Gasteiger partial charge in [-0.3, -0.25) is 9.59 Å². The van der Waals surface area contributed by atoms with Crippen LogP contribution in [0.3, 0.4) is 0 Å². The van der Waals surface area contributed by atoms with E-state index in [1.165, 1.54) is 0 Å². The van der Waals surface area contributed by atoms with Crippen LogP contribution in [-0.4, -0.2) is 45.9 Å². The van der Waals surface area contributed by atoms with E-state index >= 15 is 0 Å². The van der Waals surface area contributed by atoms with Crippen LogP contribution in [-0.2, 0) is 0 Å². The van der Waals surface area contributed by atoms with Crippen LogP contribution in [0.2, 0.25) is 0 Å². The molecule has 1 aliphatic rings. The van der Waals surface area contributed by atoms with E-state index in [2.05, 4.69) is 14.9 Å². The maximum atomic E-state index is 13.6. The Bertz CT molecular complexity index is 819. The Hall–Kier alpha value is -2.42. The minimum atomic E-state index is -0.878. The summed E-state index contributed by atoms with van der Waals surface area (Å²) in [6, 6.07) is 2.88. The van der Waals surface area contributed by atoms with Gasteiger partial charge in [-0.15, -0.1) is 5.10 Å². The molecule has 6 nitrogen and oxygen atoms in total. The molecule has 0 unspecified atom stereocenters. The second-order valence-corrected chi connectivity index (χ2v) is 7.01. The molecule has 2 aromatic rings. The van der Waals surface area contributed by atoms with Crippen molar-refractivity contribution in [2.45, 2.75) is 19.8 Å². The molecule has 9 heteroatoms. The molecule has 0 saturated carbocycles. The number of aromatic nitrogens is 2. The molecular weight excluding hydrogens is 362 g/mol. The molecule has 0 radical (unpaired) electrons. The van der Waals surface area contributed by atoms with Crippen LogP contribution in [0.15, 0.2) is 18.2 Å². The topological polar surface area (TPSA) is 75.2 Å². The zero-order chi connectivity index (χ0) is 18.7. The molecule has 1 aromatic carbocycles. The third kappa shape index (κ3) is 4.04. The first-order valence-corrected chi connectivity index (χ1v) is 9.04. The van der Waals surface area contributed by atoms with Crippen LogP contribution in [0.5, 0.6) is 0 Å². The predicted octanol–water partition coefficient (Wildman–Crippen LogP) is 2.41. The third-order valence-electron chi connectivity index (χ3n) is 4.47. The Kier molecular flexibility index (Phi) is 5.55. The van der Waals surface area contributed by atoms with Gasteiger partial charge in [0.2, 0.25) is 0 Å². The molecule has 1 fully saturated rings. The summed E-state index contributed by atoms with van der Waals surface area (Å²) in [5, 5.41) is 6.54. The van der Waals surface area contributed by atoms with Gasteiger partial charge in [-0.05, 0) is 49.3 Å². The Labute approximate surface area is 153 Å². The van der Waals surface area contributed by atoms with Crippen molar-refractivity contribution < 1.29 is 18.4 Å². The summed E-state index contributed by atoms with van der Waals surface area (Å²) in [5.41, 5.74) is 0.461. The first kappa shape index (κ1) is 18.4. The van der Waals surface area contributed by atoms with Gasteiger partial charge in [0.25, 0.3) is 11.8 Å². The quantitative estimate of drug-likeness (QED) is 0.884. The van der Waals surface area contributed by atoms with Gasteiger partial charge in [-0.2, -0.15) is 0 Å². The lowest BCUT2D eigenvalue weighted by molar-refractivity contribution is 0.0688. The van der Waals surface area contributed by atoms with E-state index in [4.69, 9.17) is 0 Å². The van der Waals surface area contributed by atoms with E-state index in [0.29, 0.717) is 36.3 Å². The van der Waals surface area contributed by atoms with Gasteiger partial charge in [0.05, 0.1) is 11.3 Å². The molecule has 26 heavy (non-hydrogen) atoms. The van der Waals surface area contributed by atoms with Crippen LogP contribution in [0, 0.1) is 24.5 Å². The van der Waals surface area contributed by atoms with Crippen LogP contribution in [0.25, 0.3) is 0 Å². The highest BCUT2D eigenvalue weighted by Crippen LogP contribution is 2.21. The number of amides is 2. The van der Waals surface area contributed by atoms with E-state index in [0.717, 1.165) is 36.5 Å². The van der Waals surface area contributed by atoms with E-state index in [1.54, 1.807) is 11.8 Å². The molecule has 1 aliphatic heterocycles. The number of aryl methyl sites for hydroxylation is 1. The molecule has 2 heterocycles. The summed E-state index contributed by atoms with van der Waals surface area (Å²) in [4.78, 5) is 26.8. The summed E-state index contributed by atoms with van der Waals surface area (Å²) >= 11 is 1.09. The first-order chi connectivity index (χ1) is 12.5. The van der Waals surface area contributed by atoms with Crippen LogP contribution in [0.1, 0.15) is 38.6 Å². The zero-order valence-electron chi connectivity index (χ0n) is 14.2. The standard InChI is InChI=1S/C17H18F2N4O2S/c1-10-15(26-22-21-10)17(25)23-6-4-11(5-7-23)9-20-16(24)13-3-2-12(18)8-14(13)19/h2-3,8,11H,4-7,9H2,1H3,(H,20,24). The number of nitrogens with zero attached hydrogens (tertiary/aromatic N) is 3. The Morgan fingerprint density at radius 3 is 2.65 bits per heavy atom. The van der Waals surface area contributed by atoms with Gasteiger partial charge in [-0.25, -0.2) is 8.78 Å². The summed E-state index contributed by atoms with van der Waals surface area (Å²) in [5.74, 6) is -2.02. The summed E-state index contributed by atoms with van der Waals surface area (Å²) < 4.78 is 30.3. The number of nitrogens with one attached hydrogen (secondary N) is 1. The van der Waals surface area contributed by atoms with E-state index < -0.39 is 17.5 Å². The number of rotatable bonds is 4. The second kappa shape index (κ2) is 7.86. The molecule has 1 N–H and O–H groups in total. The number of benzene rings is 1. The fourth-order valence-electron chi connectivity index (χ4n) is 2.92. The maximum Gasteiger partial charge on any atom is 0.267 e. The van der Waals surface area contributed by atoms with Crippen LogP contribution >= 0.6 is 11.5 Å². The second-order valence-electron chi connectivity index (χ2n) is 6.26. The third-order valence-corrected chi connectivity index (χ3v) is 5.29. The molecule has 138 valence electrons. The van der Waals surface area contributed by atoms with Crippen molar-refractivity contribution in [1.82, 2.24) is 19.8 Å². The largest absolute Gasteiger partial charge is 0.352 e. The van der Waals surface area contributed by atoms with Crippen molar-refractivity contribution in [3.05, 3.63) is 46.0 Å². The number of carbonyl (C=O) groups is 2. The van der Waals surface area contributed by atoms with Crippen molar-refractivity contribution in [2.75, 3.05) is 19.6 Å². The zero-order valence-corrected chi connectivity index (χ0v) is 15.0. The number of carbonyl (C=O) groups excluding carboxylic acids is 2. The molecule has 2 amide bonds. The summed E-state index contributed by atoms with van der Waals surface area (Å²) in [7, 11) is 0. The van der Waals surface area contributed by atoms with Gasteiger partial charge < -0.3 is 10.2 Å². The Morgan fingerprint density at radius 1 is 1.31 bits per heavy atom. The maximum absolute atomic E-state index is 13.6.